The van der Waals surface area contributed by atoms with Crippen molar-refractivity contribution >= 4 is 0 Å². The zero-order chi connectivity index (χ0) is 23.0. The van der Waals surface area contributed by atoms with Gasteiger partial charge in [-0.3, -0.25) is 0 Å². The summed E-state index contributed by atoms with van der Waals surface area (Å²) >= 11 is 0. The smallest absolute Gasteiger partial charge is 0.169 e. The summed E-state index contributed by atoms with van der Waals surface area (Å²) in [6.45, 7) is 0. The second kappa shape index (κ2) is 14.4. The number of nitrogens with zero attached hydrogens (tertiary/aromatic N) is 2. The van der Waals surface area contributed by atoms with Crippen molar-refractivity contribution in [3.05, 3.63) is 114 Å². The number of hydrogen-bond acceptors (Lipinski definition) is 2. The maximum absolute atomic E-state index is 6.13. The molecule has 4 aromatic rings. The number of pyridine rings is 2. The van der Waals surface area contributed by atoms with E-state index in [0.29, 0.717) is 0 Å². The Bertz CT molecular complexity index is 1180. The molecule has 0 spiro atoms. The fourth-order valence-corrected chi connectivity index (χ4v) is 3.78. The summed E-state index contributed by atoms with van der Waals surface area (Å²) in [5.74, 6) is 2.31. The third-order valence-corrected chi connectivity index (χ3v) is 5.88. The normalized spacial score (nSPS) is 10.1. The Labute approximate surface area is 243 Å². The first-order chi connectivity index (χ1) is 16.1. The van der Waals surface area contributed by atoms with E-state index in [2.05, 4.69) is 82.5 Å². The van der Waals surface area contributed by atoms with Crippen molar-refractivity contribution in [2.75, 3.05) is 7.11 Å². The van der Waals surface area contributed by atoms with Gasteiger partial charge in [0.25, 0.3) is 0 Å². The minimum Gasteiger partial charge on any atom is -1.00 e. The summed E-state index contributed by atoms with van der Waals surface area (Å²) in [7, 11) is 5.76. The molecule has 2 heterocycles. The van der Waals surface area contributed by atoms with Crippen molar-refractivity contribution in [2.24, 2.45) is 14.1 Å². The molecule has 2 aromatic heterocycles. The Morgan fingerprint density at radius 1 is 0.543 bits per heavy atom. The first-order valence-electron chi connectivity index (χ1n) is 11.4. The largest absolute Gasteiger partial charge is 1.00 e. The third kappa shape index (κ3) is 8.75. The molecule has 6 heteroatoms. The van der Waals surface area contributed by atoms with Crippen LogP contribution in [0.3, 0.4) is 0 Å². The molecule has 0 atom stereocenters. The van der Waals surface area contributed by atoms with E-state index in [9.17, 15) is 0 Å². The van der Waals surface area contributed by atoms with Crippen molar-refractivity contribution < 1.29 is 66.6 Å². The van der Waals surface area contributed by atoms with Gasteiger partial charge >= 0.3 is 0 Å². The topological polar surface area (TPSA) is 26.2 Å². The van der Waals surface area contributed by atoms with Gasteiger partial charge in [0.2, 0.25) is 0 Å². The molecule has 0 fully saturated rings. The predicted octanol–water partition coefficient (Wildman–Crippen LogP) is -1.29. The number of ether oxygens (including phenoxy) is 2. The molecule has 0 aliphatic heterocycles. The molecule has 0 unspecified atom stereocenters. The van der Waals surface area contributed by atoms with Gasteiger partial charge in [0.05, 0.1) is 7.11 Å². The molecular formula is C29H32I2N2O2. The second-order valence-corrected chi connectivity index (χ2v) is 8.47. The number of rotatable bonds is 9. The van der Waals surface area contributed by atoms with E-state index >= 15 is 0 Å². The van der Waals surface area contributed by atoms with Crippen molar-refractivity contribution in [1.29, 1.82) is 0 Å². The molecule has 0 bridgehead atoms. The van der Waals surface area contributed by atoms with Crippen LogP contribution in [0.5, 0.6) is 17.2 Å². The van der Waals surface area contributed by atoms with Crippen LogP contribution in [0.4, 0.5) is 0 Å². The maximum atomic E-state index is 6.13. The minimum absolute atomic E-state index is 0. The first kappa shape index (κ1) is 29.0. The maximum Gasteiger partial charge on any atom is 0.169 e. The number of methoxy groups -OCH3 is 1. The fraction of sp³-hybridized carbons (Fsp3) is 0.241. The zero-order valence-corrected chi connectivity index (χ0v) is 24.8. The van der Waals surface area contributed by atoms with Gasteiger partial charge in [0.1, 0.15) is 19.8 Å². The molecule has 0 aliphatic rings. The molecule has 0 N–H and O–H groups in total. The van der Waals surface area contributed by atoms with Crippen molar-refractivity contribution in [3.63, 3.8) is 0 Å². The quantitative estimate of drug-likeness (QED) is 0.161. The highest BCUT2D eigenvalue weighted by atomic mass is 127. The summed E-state index contributed by atoms with van der Waals surface area (Å²) < 4.78 is 15.9. The van der Waals surface area contributed by atoms with Gasteiger partial charge in [-0.2, -0.15) is 0 Å². The molecule has 0 aliphatic carbocycles. The predicted molar refractivity (Wildman–Crippen MR) is 130 cm³/mol. The minimum atomic E-state index is 0. The van der Waals surface area contributed by atoms with E-state index in [1.54, 1.807) is 7.11 Å². The molecular weight excluding hydrogens is 662 g/mol. The van der Waals surface area contributed by atoms with Crippen LogP contribution in [-0.4, -0.2) is 7.11 Å². The Balaban J connectivity index is 0.00000216. The number of aryl methyl sites for hydroxylation is 6. The van der Waals surface area contributed by atoms with Crippen molar-refractivity contribution in [3.8, 4) is 17.2 Å². The van der Waals surface area contributed by atoms with Crippen LogP contribution in [0.25, 0.3) is 0 Å². The highest BCUT2D eigenvalue weighted by Gasteiger charge is 2.08. The van der Waals surface area contributed by atoms with E-state index in [-0.39, 0.29) is 48.0 Å². The van der Waals surface area contributed by atoms with Crippen LogP contribution in [-0.2, 0) is 39.8 Å². The van der Waals surface area contributed by atoms with Crippen LogP contribution in [0, 0.1) is 0 Å². The van der Waals surface area contributed by atoms with Crippen molar-refractivity contribution in [2.45, 2.75) is 25.7 Å². The molecule has 184 valence electrons. The van der Waals surface area contributed by atoms with Gasteiger partial charge in [-0.1, -0.05) is 18.2 Å². The third-order valence-electron chi connectivity index (χ3n) is 5.88. The summed E-state index contributed by atoms with van der Waals surface area (Å²) in [4.78, 5) is 0. The van der Waals surface area contributed by atoms with Gasteiger partial charge in [0, 0.05) is 24.3 Å². The average Bonchev–Trinajstić information content (AvgIpc) is 2.85. The van der Waals surface area contributed by atoms with E-state index in [0.717, 1.165) is 42.9 Å². The molecule has 35 heavy (non-hydrogen) atoms. The van der Waals surface area contributed by atoms with E-state index in [4.69, 9.17) is 9.47 Å². The lowest BCUT2D eigenvalue weighted by atomic mass is 10.0. The van der Waals surface area contributed by atoms with Crippen LogP contribution < -0.4 is 66.6 Å². The van der Waals surface area contributed by atoms with E-state index < -0.39 is 0 Å². The van der Waals surface area contributed by atoms with E-state index in [1.165, 1.54) is 22.3 Å². The molecule has 0 saturated heterocycles. The lowest BCUT2D eigenvalue weighted by molar-refractivity contribution is -0.671. The Kier molecular flexibility index (Phi) is 11.9. The summed E-state index contributed by atoms with van der Waals surface area (Å²) in [6.07, 6.45) is 12.3. The lowest BCUT2D eigenvalue weighted by Gasteiger charge is -2.12. The van der Waals surface area contributed by atoms with Crippen LogP contribution >= 0.6 is 0 Å². The number of aromatic nitrogens is 2. The van der Waals surface area contributed by atoms with Gasteiger partial charge in [-0.15, -0.1) is 0 Å². The van der Waals surface area contributed by atoms with Gasteiger partial charge in [0.15, 0.2) is 36.3 Å². The van der Waals surface area contributed by atoms with Crippen LogP contribution in [0.1, 0.15) is 22.3 Å². The number of halogens is 2. The fourth-order valence-electron chi connectivity index (χ4n) is 3.78. The SMILES string of the molecule is COc1cc(CCc2cc[n+](C)cc2)ccc1Oc1ccc(CCc2cc[n+](C)cc2)cc1.[I-].[I-]. The van der Waals surface area contributed by atoms with Gasteiger partial charge in [-0.05, 0) is 72.2 Å². The van der Waals surface area contributed by atoms with E-state index in [1.807, 2.05) is 32.3 Å². The van der Waals surface area contributed by atoms with Gasteiger partial charge < -0.3 is 57.4 Å². The lowest BCUT2D eigenvalue weighted by Crippen LogP contribution is -3.00. The standard InChI is InChI=1S/C29H32N2O2.2HI/c1-30-18-14-24(15-19-30)5-4-23-8-11-27(12-9-23)33-28-13-10-26(22-29(28)32-3)7-6-25-16-20-31(2)21-17-25;;/h8-22H,4-7H2,1-3H3;2*1H/q+2;;/p-2. The van der Waals surface area contributed by atoms with Gasteiger partial charge in [-0.25, -0.2) is 9.13 Å². The number of hydrogen-bond donors (Lipinski definition) is 0. The van der Waals surface area contributed by atoms with Crippen LogP contribution in [0.15, 0.2) is 91.5 Å². The molecule has 2 aromatic carbocycles. The molecule has 0 saturated carbocycles. The molecule has 0 amide bonds. The molecule has 4 nitrogen and oxygen atoms in total. The average molecular weight is 694 g/mol. The zero-order valence-electron chi connectivity index (χ0n) is 20.5. The van der Waals surface area contributed by atoms with Crippen LogP contribution in [0.2, 0.25) is 0 Å². The Morgan fingerprint density at radius 3 is 1.46 bits per heavy atom. The summed E-state index contributed by atoms with van der Waals surface area (Å²) in [5.41, 5.74) is 5.21. The summed E-state index contributed by atoms with van der Waals surface area (Å²) in [6, 6.07) is 23.2. The first-order valence-corrected chi connectivity index (χ1v) is 11.4. The summed E-state index contributed by atoms with van der Waals surface area (Å²) in [5, 5.41) is 0. The number of benzene rings is 2. The Hall–Kier alpha value is -2.20. The Morgan fingerprint density at radius 2 is 0.971 bits per heavy atom. The highest BCUT2D eigenvalue weighted by Crippen LogP contribution is 2.33. The highest BCUT2D eigenvalue weighted by molar-refractivity contribution is 5.46. The molecule has 4 rings (SSSR count). The monoisotopic (exact) mass is 694 g/mol. The van der Waals surface area contributed by atoms with Crippen molar-refractivity contribution in [1.82, 2.24) is 0 Å². The molecule has 0 radical (unpaired) electrons. The second-order valence-electron chi connectivity index (χ2n) is 8.47.